The smallest absolute Gasteiger partial charge is 0.255 e. The summed E-state index contributed by atoms with van der Waals surface area (Å²) in [6.07, 6.45) is 3.42. The van der Waals surface area contributed by atoms with Crippen LogP contribution < -0.4 is 20.3 Å². The fourth-order valence-corrected chi connectivity index (χ4v) is 3.83. The van der Waals surface area contributed by atoms with Crippen molar-refractivity contribution < 1.29 is 23.0 Å². The van der Waals surface area contributed by atoms with E-state index in [0.717, 1.165) is 17.7 Å². The van der Waals surface area contributed by atoms with Gasteiger partial charge in [-0.15, -0.1) is 0 Å². The van der Waals surface area contributed by atoms with Crippen LogP contribution in [0.1, 0.15) is 16.8 Å². The molecule has 1 atom stereocenters. The van der Waals surface area contributed by atoms with Crippen LogP contribution in [0.3, 0.4) is 0 Å². The SMILES string of the molecule is C=C(OC)[C@H]1C(=O)Nc2c(C)nc(NCc3cnn(Cc4cc(F)c(F)cc4OC)c3)nc2N1C. The number of halogens is 2. The molecule has 0 fully saturated rings. The molecule has 1 aliphatic rings. The van der Waals surface area contributed by atoms with Crippen molar-refractivity contribution in [2.24, 2.45) is 0 Å². The van der Waals surface area contributed by atoms with Crippen molar-refractivity contribution in [3.8, 4) is 5.75 Å². The standard InChI is InChI=1S/C23H25F2N7O3/c1-12-19-21(31(3)20(13(2)34-4)22(33)29-19)30-23(28-12)26-8-14-9-27-32(10-14)11-15-6-16(24)17(25)7-18(15)35-5/h6-7,9-10,20H,2,8,11H2,1,3-5H3,(H,29,33)(H,26,28,30)/t20-/m0/s1. The van der Waals surface area contributed by atoms with Gasteiger partial charge in [-0.05, 0) is 13.0 Å². The monoisotopic (exact) mass is 485 g/mol. The minimum Gasteiger partial charge on any atom is -0.499 e. The first-order valence-electron chi connectivity index (χ1n) is 10.6. The van der Waals surface area contributed by atoms with E-state index in [9.17, 15) is 13.6 Å². The molecule has 0 radical (unpaired) electrons. The number of carbonyl (C=O) groups excluding carboxylic acids is 1. The molecule has 0 saturated heterocycles. The highest BCUT2D eigenvalue weighted by Crippen LogP contribution is 2.34. The summed E-state index contributed by atoms with van der Waals surface area (Å²) in [7, 11) is 4.59. The second-order valence-corrected chi connectivity index (χ2v) is 7.98. The third kappa shape index (κ3) is 4.72. The van der Waals surface area contributed by atoms with Crippen LogP contribution in [-0.4, -0.2) is 53.0 Å². The molecule has 0 aliphatic carbocycles. The van der Waals surface area contributed by atoms with Crippen molar-refractivity contribution >= 4 is 23.4 Å². The lowest BCUT2D eigenvalue weighted by Crippen LogP contribution is -2.48. The van der Waals surface area contributed by atoms with Gasteiger partial charge >= 0.3 is 0 Å². The van der Waals surface area contributed by atoms with Crippen molar-refractivity contribution in [3.63, 3.8) is 0 Å². The lowest BCUT2D eigenvalue weighted by Gasteiger charge is -2.34. The van der Waals surface area contributed by atoms with Crippen molar-refractivity contribution in [3.05, 3.63) is 65.3 Å². The number of benzene rings is 1. The van der Waals surface area contributed by atoms with Crippen molar-refractivity contribution in [1.29, 1.82) is 0 Å². The maximum Gasteiger partial charge on any atom is 0.255 e. The van der Waals surface area contributed by atoms with E-state index >= 15 is 0 Å². The fraction of sp³-hybridized carbons (Fsp3) is 0.304. The van der Waals surface area contributed by atoms with Gasteiger partial charge in [0.1, 0.15) is 17.2 Å². The zero-order chi connectivity index (χ0) is 25.3. The van der Waals surface area contributed by atoms with Gasteiger partial charge in [0.25, 0.3) is 5.91 Å². The number of hydrogen-bond donors (Lipinski definition) is 2. The number of carbonyl (C=O) groups is 1. The summed E-state index contributed by atoms with van der Waals surface area (Å²) in [5, 5.41) is 10.3. The number of nitrogens with zero attached hydrogens (tertiary/aromatic N) is 5. The Kier molecular flexibility index (Phi) is 6.54. The van der Waals surface area contributed by atoms with Gasteiger partial charge < -0.3 is 25.0 Å². The third-order valence-electron chi connectivity index (χ3n) is 5.65. The Labute approximate surface area is 200 Å². The lowest BCUT2D eigenvalue weighted by molar-refractivity contribution is -0.117. The summed E-state index contributed by atoms with van der Waals surface area (Å²) < 4.78 is 39.1. The van der Waals surface area contributed by atoms with Crippen LogP contribution >= 0.6 is 0 Å². The highest BCUT2D eigenvalue weighted by atomic mass is 19.2. The Morgan fingerprint density at radius 3 is 2.71 bits per heavy atom. The van der Waals surface area contributed by atoms with Crippen LogP contribution in [0.15, 0.2) is 36.9 Å². The van der Waals surface area contributed by atoms with E-state index in [4.69, 9.17) is 9.47 Å². The zero-order valence-corrected chi connectivity index (χ0v) is 19.7. The van der Waals surface area contributed by atoms with Gasteiger partial charge in [-0.1, -0.05) is 6.58 Å². The molecule has 0 spiro atoms. The molecular formula is C23H25F2N7O3. The third-order valence-corrected chi connectivity index (χ3v) is 5.65. The van der Waals surface area contributed by atoms with Crippen LogP contribution in [0, 0.1) is 18.6 Å². The van der Waals surface area contributed by atoms with Gasteiger partial charge in [-0.25, -0.2) is 13.8 Å². The summed E-state index contributed by atoms with van der Waals surface area (Å²) in [5.74, 6) is -0.768. The number of amides is 1. The Balaban J connectivity index is 1.49. The summed E-state index contributed by atoms with van der Waals surface area (Å²) in [4.78, 5) is 23.2. The molecule has 3 aromatic rings. The number of anilines is 3. The van der Waals surface area contributed by atoms with Gasteiger partial charge in [-0.2, -0.15) is 10.1 Å². The largest absolute Gasteiger partial charge is 0.499 e. The molecule has 1 aliphatic heterocycles. The van der Waals surface area contributed by atoms with Gasteiger partial charge in [0, 0.05) is 37.0 Å². The summed E-state index contributed by atoms with van der Waals surface area (Å²) in [6.45, 7) is 6.14. The first kappa shape index (κ1) is 23.9. The van der Waals surface area contributed by atoms with E-state index in [-0.39, 0.29) is 18.2 Å². The molecule has 35 heavy (non-hydrogen) atoms. The molecule has 1 amide bonds. The minimum absolute atomic E-state index is 0.199. The summed E-state index contributed by atoms with van der Waals surface area (Å²) >= 11 is 0. The Morgan fingerprint density at radius 1 is 1.26 bits per heavy atom. The average molecular weight is 485 g/mol. The zero-order valence-electron chi connectivity index (χ0n) is 19.7. The van der Waals surface area contributed by atoms with E-state index in [2.05, 4.69) is 32.3 Å². The first-order valence-corrected chi connectivity index (χ1v) is 10.6. The number of nitrogens with one attached hydrogen (secondary N) is 2. The topological polar surface area (TPSA) is 106 Å². The van der Waals surface area contributed by atoms with Crippen LogP contribution in [0.2, 0.25) is 0 Å². The molecule has 2 N–H and O–H groups in total. The molecule has 0 saturated carbocycles. The molecule has 1 aromatic carbocycles. The van der Waals surface area contributed by atoms with E-state index in [1.165, 1.54) is 14.2 Å². The first-order chi connectivity index (χ1) is 16.7. The van der Waals surface area contributed by atoms with E-state index in [1.54, 1.807) is 35.9 Å². The van der Waals surface area contributed by atoms with Crippen LogP contribution in [0.5, 0.6) is 5.75 Å². The second kappa shape index (κ2) is 9.57. The molecule has 12 heteroatoms. The molecule has 0 unspecified atom stereocenters. The predicted molar refractivity (Wildman–Crippen MR) is 125 cm³/mol. The van der Waals surface area contributed by atoms with E-state index < -0.39 is 17.7 Å². The molecule has 4 rings (SSSR count). The number of likely N-dealkylation sites (N-methyl/N-ethyl adjacent to an activating group) is 1. The number of methoxy groups -OCH3 is 2. The lowest BCUT2D eigenvalue weighted by atomic mass is 10.1. The number of rotatable bonds is 8. The molecule has 2 aromatic heterocycles. The molecular weight excluding hydrogens is 460 g/mol. The van der Waals surface area contributed by atoms with Crippen LogP contribution in [0.25, 0.3) is 0 Å². The van der Waals surface area contributed by atoms with Crippen molar-refractivity contribution in [2.75, 3.05) is 36.8 Å². The van der Waals surface area contributed by atoms with Gasteiger partial charge in [-0.3, -0.25) is 9.48 Å². The van der Waals surface area contributed by atoms with Gasteiger partial charge in [0.15, 0.2) is 23.5 Å². The fourth-order valence-electron chi connectivity index (χ4n) is 3.83. The molecule has 184 valence electrons. The highest BCUT2D eigenvalue weighted by molar-refractivity contribution is 6.04. The number of ether oxygens (including phenoxy) is 2. The predicted octanol–water partition coefficient (Wildman–Crippen LogP) is 2.85. The van der Waals surface area contributed by atoms with Gasteiger partial charge in [0.2, 0.25) is 5.95 Å². The number of aryl methyl sites for hydroxylation is 1. The Bertz CT molecular complexity index is 1290. The number of aromatic nitrogens is 4. The molecule has 10 nitrogen and oxygen atoms in total. The Morgan fingerprint density at radius 2 is 2.00 bits per heavy atom. The van der Waals surface area contributed by atoms with E-state index in [0.29, 0.717) is 41.0 Å². The summed E-state index contributed by atoms with van der Waals surface area (Å²) in [6, 6.07) is 1.39. The van der Waals surface area contributed by atoms with Crippen molar-refractivity contribution in [1.82, 2.24) is 19.7 Å². The Hall–Kier alpha value is -4.22. The maximum atomic E-state index is 13.7. The van der Waals surface area contributed by atoms with Crippen molar-refractivity contribution in [2.45, 2.75) is 26.1 Å². The van der Waals surface area contributed by atoms with Gasteiger partial charge in [0.05, 0.1) is 32.7 Å². The van der Waals surface area contributed by atoms with Crippen LogP contribution in [-0.2, 0) is 22.6 Å². The quantitative estimate of drug-likeness (QED) is 0.469. The van der Waals surface area contributed by atoms with E-state index in [1.807, 2.05) is 0 Å². The second-order valence-electron chi connectivity index (χ2n) is 7.98. The number of fused-ring (bicyclic) bond motifs is 1. The number of hydrogen-bond acceptors (Lipinski definition) is 8. The highest BCUT2D eigenvalue weighted by Gasteiger charge is 2.36. The van der Waals surface area contributed by atoms with Crippen LogP contribution in [0.4, 0.5) is 26.2 Å². The summed E-state index contributed by atoms with van der Waals surface area (Å²) in [5.41, 5.74) is 2.40. The molecule has 0 bridgehead atoms. The average Bonchev–Trinajstić information content (AvgIpc) is 3.27. The molecule has 3 heterocycles. The normalized spacial score (nSPS) is 14.9. The maximum absolute atomic E-state index is 13.7. The minimum atomic E-state index is -0.973.